The number of aromatic nitrogens is 3. The average Bonchev–Trinajstić information content (AvgIpc) is 3.10. The minimum absolute atomic E-state index is 0.0985. The molecule has 1 aliphatic heterocycles. The van der Waals surface area contributed by atoms with E-state index >= 15 is 0 Å². The van der Waals surface area contributed by atoms with Gasteiger partial charge in [0.15, 0.2) is 5.82 Å². The van der Waals surface area contributed by atoms with Crippen LogP contribution >= 0.6 is 11.6 Å². The number of nitrogens with zero attached hydrogens (tertiary/aromatic N) is 4. The third kappa shape index (κ3) is 5.11. The lowest BCUT2D eigenvalue weighted by Gasteiger charge is -2.14. The highest BCUT2D eigenvalue weighted by Crippen LogP contribution is 2.33. The van der Waals surface area contributed by atoms with Crippen molar-refractivity contribution in [1.82, 2.24) is 20.1 Å². The third-order valence-corrected chi connectivity index (χ3v) is 5.76. The Morgan fingerprint density at radius 2 is 1.94 bits per heavy atom. The highest BCUT2D eigenvalue weighted by Gasteiger charge is 2.29. The summed E-state index contributed by atoms with van der Waals surface area (Å²) in [6.07, 6.45) is 3.79. The molecule has 0 spiro atoms. The number of benzene rings is 2. The van der Waals surface area contributed by atoms with Gasteiger partial charge in [0.1, 0.15) is 11.9 Å². The number of carbonyl (C=O) groups excluding carboxylic acids is 1. The topological polar surface area (TPSA) is 92.4 Å². The second-order valence-electron chi connectivity index (χ2n) is 8.86. The quantitative estimate of drug-likeness (QED) is 0.549. The molecular weight excluding hydrogens is 450 g/mol. The van der Waals surface area contributed by atoms with Crippen LogP contribution in [-0.2, 0) is 4.79 Å². The van der Waals surface area contributed by atoms with Gasteiger partial charge in [0.25, 0.3) is 0 Å². The molecule has 4 rings (SSSR count). The fraction of sp³-hybridized carbons (Fsp3) is 0.308. The van der Waals surface area contributed by atoms with E-state index in [1.54, 1.807) is 19.9 Å². The Labute approximate surface area is 204 Å². The van der Waals surface area contributed by atoms with Crippen LogP contribution in [0.2, 0.25) is 5.02 Å². The van der Waals surface area contributed by atoms with Crippen molar-refractivity contribution in [3.05, 3.63) is 81.9 Å². The molecule has 0 aliphatic carbocycles. The highest BCUT2D eigenvalue weighted by molar-refractivity contribution is 6.30. The predicted octanol–water partition coefficient (Wildman–Crippen LogP) is 4.43. The van der Waals surface area contributed by atoms with E-state index in [1.165, 1.54) is 0 Å². The molecule has 0 fully saturated rings. The number of aryl methyl sites for hydroxylation is 1. The van der Waals surface area contributed by atoms with Crippen LogP contribution in [0.15, 0.2) is 53.5 Å². The van der Waals surface area contributed by atoms with E-state index in [-0.39, 0.29) is 12.3 Å². The largest absolute Gasteiger partial charge is 0.386 e. The Morgan fingerprint density at radius 1 is 1.21 bits per heavy atom. The Bertz CT molecular complexity index is 1270. The van der Waals surface area contributed by atoms with Crippen LogP contribution in [0.3, 0.4) is 0 Å². The molecule has 0 bridgehead atoms. The molecule has 8 heteroatoms. The highest BCUT2D eigenvalue weighted by atomic mass is 35.5. The third-order valence-electron chi connectivity index (χ3n) is 5.50. The van der Waals surface area contributed by atoms with Gasteiger partial charge in [-0.2, -0.15) is 0 Å². The Kier molecular flexibility index (Phi) is 6.68. The Morgan fingerprint density at radius 3 is 2.62 bits per heavy atom. The molecule has 0 saturated heterocycles. The van der Waals surface area contributed by atoms with Gasteiger partial charge in [0, 0.05) is 22.7 Å². The lowest BCUT2D eigenvalue weighted by molar-refractivity contribution is -0.121. The number of hydrogen-bond donors (Lipinski definition) is 2. The maximum absolute atomic E-state index is 12.5. The zero-order chi connectivity index (χ0) is 24.5. The molecule has 2 aromatic carbocycles. The van der Waals surface area contributed by atoms with Crippen LogP contribution in [0.1, 0.15) is 61.6 Å². The Hall–Kier alpha value is -3.29. The van der Waals surface area contributed by atoms with Gasteiger partial charge in [-0.25, -0.2) is 0 Å². The molecule has 1 atom stereocenters. The monoisotopic (exact) mass is 477 g/mol. The molecule has 1 aliphatic rings. The van der Waals surface area contributed by atoms with Crippen LogP contribution in [0, 0.1) is 6.92 Å². The van der Waals surface area contributed by atoms with Crippen molar-refractivity contribution in [2.75, 3.05) is 6.54 Å². The van der Waals surface area contributed by atoms with Gasteiger partial charge in [-0.15, -0.1) is 10.2 Å². The Balaban J connectivity index is 1.94. The summed E-state index contributed by atoms with van der Waals surface area (Å²) in [7, 11) is 0. The fourth-order valence-electron chi connectivity index (χ4n) is 3.94. The molecule has 1 amide bonds. The van der Waals surface area contributed by atoms with E-state index in [1.807, 2.05) is 67.0 Å². The van der Waals surface area contributed by atoms with Gasteiger partial charge in [0.05, 0.1) is 23.4 Å². The number of nitrogens with one attached hydrogen (secondary N) is 1. The summed E-state index contributed by atoms with van der Waals surface area (Å²) in [5, 5.41) is 22.3. The van der Waals surface area contributed by atoms with E-state index in [0.29, 0.717) is 23.2 Å². The molecule has 2 N–H and O–H groups in total. The maximum Gasteiger partial charge on any atom is 0.222 e. The molecule has 2 heterocycles. The SMILES string of the molecule is CCNC(=O)C[C@@H]1N=C(c2ccc(Cl)cc2)c2cc(C=CC(C)(C)O)ccc2-n2c(C)nnc21. The molecule has 0 saturated carbocycles. The van der Waals surface area contributed by atoms with Gasteiger partial charge in [0.2, 0.25) is 5.91 Å². The van der Waals surface area contributed by atoms with E-state index in [9.17, 15) is 9.90 Å². The second kappa shape index (κ2) is 9.52. The summed E-state index contributed by atoms with van der Waals surface area (Å²) in [5.74, 6) is 1.23. The first-order valence-electron chi connectivity index (χ1n) is 11.2. The number of amides is 1. The maximum atomic E-state index is 12.5. The van der Waals surface area contributed by atoms with Crippen LogP contribution in [0.4, 0.5) is 0 Å². The van der Waals surface area contributed by atoms with Crippen molar-refractivity contribution in [2.24, 2.45) is 4.99 Å². The van der Waals surface area contributed by atoms with E-state index in [0.717, 1.165) is 28.1 Å². The van der Waals surface area contributed by atoms with E-state index in [4.69, 9.17) is 16.6 Å². The van der Waals surface area contributed by atoms with Crippen LogP contribution < -0.4 is 5.32 Å². The number of aliphatic imine (C=N–C) groups is 1. The van der Waals surface area contributed by atoms with Gasteiger partial charge in [-0.3, -0.25) is 14.4 Å². The summed E-state index contributed by atoms with van der Waals surface area (Å²) in [4.78, 5) is 17.6. The first-order valence-corrected chi connectivity index (χ1v) is 11.6. The molecule has 34 heavy (non-hydrogen) atoms. The van der Waals surface area contributed by atoms with Crippen molar-refractivity contribution in [1.29, 1.82) is 0 Å². The van der Waals surface area contributed by atoms with Crippen molar-refractivity contribution in [3.8, 4) is 5.69 Å². The predicted molar refractivity (Wildman–Crippen MR) is 135 cm³/mol. The molecule has 1 aromatic heterocycles. The summed E-state index contributed by atoms with van der Waals surface area (Å²) in [6, 6.07) is 13.0. The molecule has 176 valence electrons. The summed E-state index contributed by atoms with van der Waals surface area (Å²) in [5.41, 5.74) is 3.36. The first-order chi connectivity index (χ1) is 16.2. The van der Waals surface area contributed by atoms with Gasteiger partial charge < -0.3 is 10.4 Å². The van der Waals surface area contributed by atoms with Gasteiger partial charge in [-0.1, -0.05) is 42.0 Å². The summed E-state index contributed by atoms with van der Waals surface area (Å²) in [6.45, 7) is 7.78. The number of rotatable bonds is 6. The standard InChI is InChI=1S/C26H28ClN5O2/c1-5-28-23(33)15-21-25-31-30-16(2)32(25)22-11-6-17(12-13-26(3,4)34)14-20(22)24(29-21)18-7-9-19(27)10-8-18/h6-14,21,34H,5,15H2,1-4H3,(H,28,33)/t21-/m0/s1. The minimum atomic E-state index is -0.935. The number of carbonyl (C=O) groups is 1. The lowest BCUT2D eigenvalue weighted by atomic mass is 9.97. The zero-order valence-electron chi connectivity index (χ0n) is 19.7. The van der Waals surface area contributed by atoms with Crippen molar-refractivity contribution in [3.63, 3.8) is 0 Å². The van der Waals surface area contributed by atoms with Crippen LogP contribution in [0.25, 0.3) is 11.8 Å². The fourth-order valence-corrected chi connectivity index (χ4v) is 4.06. The normalized spacial score (nSPS) is 15.5. The number of hydrogen-bond acceptors (Lipinski definition) is 5. The van der Waals surface area contributed by atoms with Crippen molar-refractivity contribution in [2.45, 2.75) is 45.8 Å². The lowest BCUT2D eigenvalue weighted by Crippen LogP contribution is -2.25. The van der Waals surface area contributed by atoms with Crippen LogP contribution in [-0.4, -0.2) is 43.6 Å². The number of halogens is 1. The molecule has 3 aromatic rings. The van der Waals surface area contributed by atoms with Crippen LogP contribution in [0.5, 0.6) is 0 Å². The zero-order valence-corrected chi connectivity index (χ0v) is 20.5. The van der Waals surface area contributed by atoms with Gasteiger partial charge in [-0.05, 0) is 57.5 Å². The molecular formula is C26H28ClN5O2. The molecule has 0 radical (unpaired) electrons. The first kappa shape index (κ1) is 23.9. The van der Waals surface area contributed by atoms with Crippen molar-refractivity contribution < 1.29 is 9.90 Å². The number of aliphatic hydroxyl groups is 1. The van der Waals surface area contributed by atoms with E-state index in [2.05, 4.69) is 15.5 Å². The smallest absolute Gasteiger partial charge is 0.222 e. The van der Waals surface area contributed by atoms with Crippen molar-refractivity contribution >= 4 is 29.3 Å². The molecule has 0 unspecified atom stereocenters. The number of fused-ring (bicyclic) bond motifs is 3. The minimum Gasteiger partial charge on any atom is -0.386 e. The van der Waals surface area contributed by atoms with Gasteiger partial charge >= 0.3 is 0 Å². The summed E-state index contributed by atoms with van der Waals surface area (Å²) < 4.78 is 1.97. The van der Waals surface area contributed by atoms with E-state index < -0.39 is 11.6 Å². The average molecular weight is 478 g/mol. The summed E-state index contributed by atoms with van der Waals surface area (Å²) >= 11 is 6.15. The molecule has 7 nitrogen and oxygen atoms in total. The second-order valence-corrected chi connectivity index (χ2v) is 9.30.